The molecule has 0 atom stereocenters. The van der Waals surface area contributed by atoms with Gasteiger partial charge in [-0.25, -0.2) is 0 Å². The number of hydrogen-bond donors (Lipinski definition) is 0. The van der Waals surface area contributed by atoms with E-state index >= 15 is 0 Å². The molecule has 0 aliphatic rings. The standard InChI is InChI=1S/C9H14Cl2OSi2/c1-13(2,3)12-14(10,11)9-7-5-4-6-8-9/h4-8H,1-3H3. The summed E-state index contributed by atoms with van der Waals surface area (Å²) in [7, 11) is -1.68. The molecule has 5 heteroatoms. The van der Waals surface area contributed by atoms with Crippen LogP contribution < -0.4 is 5.19 Å². The molecule has 1 aromatic carbocycles. The third-order valence-corrected chi connectivity index (χ3v) is 8.72. The van der Waals surface area contributed by atoms with Crippen LogP contribution in [0.5, 0.6) is 0 Å². The van der Waals surface area contributed by atoms with Gasteiger partial charge >= 0.3 is 6.94 Å². The summed E-state index contributed by atoms with van der Waals surface area (Å²) in [6.07, 6.45) is 0. The third kappa shape index (κ3) is 3.75. The van der Waals surface area contributed by atoms with Gasteiger partial charge in [-0.1, -0.05) is 30.3 Å². The lowest BCUT2D eigenvalue weighted by atomic mass is 10.4. The van der Waals surface area contributed by atoms with Crippen molar-refractivity contribution in [2.24, 2.45) is 0 Å². The van der Waals surface area contributed by atoms with Crippen LogP contribution in [0.1, 0.15) is 0 Å². The lowest BCUT2D eigenvalue weighted by Crippen LogP contribution is -2.47. The van der Waals surface area contributed by atoms with E-state index in [-0.39, 0.29) is 0 Å². The van der Waals surface area contributed by atoms with Crippen molar-refractivity contribution in [1.82, 2.24) is 0 Å². The number of hydrogen-bond acceptors (Lipinski definition) is 1. The molecule has 78 valence electrons. The molecule has 0 bridgehead atoms. The molecule has 1 rings (SSSR count). The molecule has 0 N–H and O–H groups in total. The van der Waals surface area contributed by atoms with Crippen LogP contribution >= 0.6 is 22.2 Å². The molecule has 1 nitrogen and oxygen atoms in total. The minimum absolute atomic E-state index is 0.922. The maximum Gasteiger partial charge on any atom is 0.413 e. The van der Waals surface area contributed by atoms with Crippen LogP contribution in [-0.4, -0.2) is 15.3 Å². The van der Waals surface area contributed by atoms with Crippen molar-refractivity contribution in [2.75, 3.05) is 0 Å². The smallest absolute Gasteiger partial charge is 0.413 e. The molecule has 0 aliphatic heterocycles. The van der Waals surface area contributed by atoms with Crippen LogP contribution in [0.2, 0.25) is 19.6 Å². The summed E-state index contributed by atoms with van der Waals surface area (Å²) in [5.41, 5.74) is 0. The van der Waals surface area contributed by atoms with Crippen molar-refractivity contribution < 1.29 is 4.12 Å². The average molecular weight is 265 g/mol. The molecule has 0 saturated heterocycles. The van der Waals surface area contributed by atoms with E-state index < -0.39 is 15.3 Å². The molecule has 0 saturated carbocycles. The molecule has 14 heavy (non-hydrogen) atoms. The molecule has 1 aromatic rings. The first-order valence-corrected chi connectivity index (χ1v) is 11.8. The highest BCUT2D eigenvalue weighted by atomic mass is 35.7. The van der Waals surface area contributed by atoms with E-state index in [4.69, 9.17) is 26.3 Å². The Bertz CT molecular complexity index is 295. The predicted octanol–water partition coefficient (Wildman–Crippen LogP) is 3.16. The van der Waals surface area contributed by atoms with Gasteiger partial charge in [-0.15, -0.1) is 22.2 Å². The maximum absolute atomic E-state index is 6.26. The lowest BCUT2D eigenvalue weighted by Gasteiger charge is -2.26. The normalized spacial score (nSPS) is 12.9. The Kier molecular flexibility index (Phi) is 3.83. The summed E-state index contributed by atoms with van der Waals surface area (Å²) in [6.45, 7) is 3.55. The van der Waals surface area contributed by atoms with E-state index in [1.54, 1.807) is 0 Å². The second-order valence-electron chi connectivity index (χ2n) is 4.10. The van der Waals surface area contributed by atoms with Crippen molar-refractivity contribution in [1.29, 1.82) is 0 Å². The van der Waals surface area contributed by atoms with Crippen molar-refractivity contribution in [2.45, 2.75) is 19.6 Å². The monoisotopic (exact) mass is 264 g/mol. The van der Waals surface area contributed by atoms with E-state index in [2.05, 4.69) is 19.6 Å². The Morgan fingerprint density at radius 2 is 1.50 bits per heavy atom. The average Bonchev–Trinajstić information content (AvgIpc) is 2.01. The SMILES string of the molecule is C[Si](C)(C)O[Si](Cl)(Cl)c1ccccc1. The number of benzene rings is 1. The topological polar surface area (TPSA) is 9.23 Å². The summed E-state index contributed by atoms with van der Waals surface area (Å²) in [4.78, 5) is 0. The van der Waals surface area contributed by atoms with Crippen LogP contribution in [0.15, 0.2) is 30.3 Å². The predicted molar refractivity (Wildman–Crippen MR) is 68.0 cm³/mol. The van der Waals surface area contributed by atoms with Crippen molar-refractivity contribution in [3.05, 3.63) is 30.3 Å². The van der Waals surface area contributed by atoms with Gasteiger partial charge in [0, 0.05) is 0 Å². The van der Waals surface area contributed by atoms with Gasteiger partial charge in [-0.2, -0.15) is 0 Å². The van der Waals surface area contributed by atoms with Crippen molar-refractivity contribution in [3.63, 3.8) is 0 Å². The Morgan fingerprint density at radius 1 is 1.00 bits per heavy atom. The number of rotatable bonds is 3. The van der Waals surface area contributed by atoms with E-state index in [1.165, 1.54) is 0 Å². The molecular weight excluding hydrogens is 251 g/mol. The zero-order valence-electron chi connectivity index (χ0n) is 8.55. The Hall–Kier alpha value is 0.194. The van der Waals surface area contributed by atoms with Crippen LogP contribution in [-0.2, 0) is 4.12 Å². The first kappa shape index (κ1) is 12.3. The first-order valence-electron chi connectivity index (χ1n) is 4.45. The molecule has 0 spiro atoms. The summed E-state index contributed by atoms with van der Waals surface area (Å²) >= 11 is 12.5. The highest BCUT2D eigenvalue weighted by molar-refractivity contribution is 7.49. The van der Waals surface area contributed by atoms with Crippen LogP contribution in [0, 0.1) is 0 Å². The molecule has 0 unspecified atom stereocenters. The molecule has 0 amide bonds. The van der Waals surface area contributed by atoms with E-state index in [0.29, 0.717) is 0 Å². The van der Waals surface area contributed by atoms with Gasteiger partial charge < -0.3 is 4.12 Å². The van der Waals surface area contributed by atoms with Crippen molar-refractivity contribution >= 4 is 42.6 Å². The zero-order valence-corrected chi connectivity index (χ0v) is 12.1. The fraction of sp³-hybridized carbons (Fsp3) is 0.333. The second-order valence-corrected chi connectivity index (χ2v) is 14.5. The molecule has 0 aromatic heterocycles. The summed E-state index contributed by atoms with van der Waals surface area (Å²) < 4.78 is 5.82. The fourth-order valence-corrected chi connectivity index (χ4v) is 10.1. The second kappa shape index (κ2) is 4.37. The van der Waals surface area contributed by atoms with Gasteiger partial charge in [0.1, 0.15) is 0 Å². The minimum atomic E-state index is -2.71. The Balaban J connectivity index is 2.86. The lowest BCUT2D eigenvalue weighted by molar-refractivity contribution is 0.593. The third-order valence-electron chi connectivity index (χ3n) is 1.54. The molecular formula is C9H14Cl2OSi2. The maximum atomic E-state index is 6.26. The molecule has 0 heterocycles. The molecule has 0 fully saturated rings. The quantitative estimate of drug-likeness (QED) is 0.602. The van der Waals surface area contributed by atoms with Gasteiger partial charge in [0.05, 0.1) is 0 Å². The zero-order chi connectivity index (χ0) is 10.8. The van der Waals surface area contributed by atoms with Gasteiger partial charge in [-0.05, 0) is 24.8 Å². The highest BCUT2D eigenvalue weighted by Gasteiger charge is 2.38. The van der Waals surface area contributed by atoms with Gasteiger partial charge in [0.25, 0.3) is 0 Å². The van der Waals surface area contributed by atoms with E-state index in [0.717, 1.165) is 5.19 Å². The summed E-state index contributed by atoms with van der Waals surface area (Å²) in [5, 5.41) is 0.922. The minimum Gasteiger partial charge on any atom is -0.431 e. The van der Waals surface area contributed by atoms with Crippen LogP contribution in [0.4, 0.5) is 0 Å². The number of halogens is 2. The molecule has 0 radical (unpaired) electrons. The van der Waals surface area contributed by atoms with Gasteiger partial charge in [-0.3, -0.25) is 0 Å². The van der Waals surface area contributed by atoms with E-state index in [1.807, 2.05) is 30.3 Å². The largest absolute Gasteiger partial charge is 0.431 e. The van der Waals surface area contributed by atoms with E-state index in [9.17, 15) is 0 Å². The Labute approximate surface area is 96.7 Å². The van der Waals surface area contributed by atoms with Gasteiger partial charge in [0.2, 0.25) is 0 Å². The molecule has 0 aliphatic carbocycles. The van der Waals surface area contributed by atoms with Crippen LogP contribution in [0.3, 0.4) is 0 Å². The van der Waals surface area contributed by atoms with Gasteiger partial charge in [0.15, 0.2) is 8.32 Å². The Morgan fingerprint density at radius 3 is 1.93 bits per heavy atom. The first-order chi connectivity index (χ1) is 6.31. The summed E-state index contributed by atoms with van der Waals surface area (Å²) in [6, 6.07) is 9.64. The fourth-order valence-electron chi connectivity index (χ4n) is 1.08. The highest BCUT2D eigenvalue weighted by Crippen LogP contribution is 2.21. The van der Waals surface area contributed by atoms with Crippen LogP contribution in [0.25, 0.3) is 0 Å². The van der Waals surface area contributed by atoms with Crippen molar-refractivity contribution in [3.8, 4) is 0 Å². The summed E-state index contributed by atoms with van der Waals surface area (Å²) in [5.74, 6) is 0.